The highest BCUT2D eigenvalue weighted by molar-refractivity contribution is 6.32. The lowest BCUT2D eigenvalue weighted by molar-refractivity contribution is -0.384. The minimum atomic E-state index is -0.623. The molecule has 1 amide bonds. The summed E-state index contributed by atoms with van der Waals surface area (Å²) in [5.74, 6) is -0.176. The normalized spacial score (nSPS) is 11.9. The maximum atomic E-state index is 11.8. The Morgan fingerprint density at radius 3 is 2.85 bits per heavy atom. The van der Waals surface area contributed by atoms with Gasteiger partial charge in [0.15, 0.2) is 0 Å². The molecule has 0 fully saturated rings. The van der Waals surface area contributed by atoms with Gasteiger partial charge in [-0.3, -0.25) is 14.9 Å². The molecule has 6 nitrogen and oxygen atoms in total. The Balaban J connectivity index is 2.56. The van der Waals surface area contributed by atoms with Gasteiger partial charge in [-0.25, -0.2) is 0 Å². The van der Waals surface area contributed by atoms with Crippen molar-refractivity contribution in [3.63, 3.8) is 0 Å². The highest BCUT2D eigenvalue weighted by Crippen LogP contribution is 2.24. The van der Waals surface area contributed by atoms with E-state index in [1.807, 2.05) is 6.92 Å². The molecular weight excluding hydrogens is 284 g/mol. The largest absolute Gasteiger partial charge is 0.396 e. The van der Waals surface area contributed by atoms with Crippen LogP contribution in [0.15, 0.2) is 18.2 Å². The number of amides is 1. The lowest BCUT2D eigenvalue weighted by atomic mass is 10.1. The van der Waals surface area contributed by atoms with Crippen molar-refractivity contribution in [1.82, 2.24) is 5.32 Å². The Bertz CT molecular complexity index is 493. The Labute approximate surface area is 121 Å². The summed E-state index contributed by atoms with van der Waals surface area (Å²) in [5, 5.41) is 22.3. The first-order chi connectivity index (χ1) is 9.45. The van der Waals surface area contributed by atoms with Gasteiger partial charge in [0, 0.05) is 24.8 Å². The van der Waals surface area contributed by atoms with Crippen LogP contribution < -0.4 is 5.32 Å². The third-order valence-electron chi connectivity index (χ3n) is 2.88. The molecule has 20 heavy (non-hydrogen) atoms. The molecule has 0 aromatic heterocycles. The number of halogens is 1. The zero-order valence-corrected chi connectivity index (χ0v) is 11.9. The molecule has 1 unspecified atom stereocenters. The number of aliphatic hydroxyl groups is 1. The van der Waals surface area contributed by atoms with E-state index in [1.165, 1.54) is 12.1 Å². The van der Waals surface area contributed by atoms with E-state index in [4.69, 9.17) is 16.7 Å². The second kappa shape index (κ2) is 7.81. The fourth-order valence-corrected chi connectivity index (χ4v) is 1.83. The average molecular weight is 301 g/mol. The molecule has 0 aliphatic carbocycles. The van der Waals surface area contributed by atoms with Crippen LogP contribution >= 0.6 is 11.6 Å². The quantitative estimate of drug-likeness (QED) is 0.459. The number of hydrogen-bond donors (Lipinski definition) is 2. The summed E-state index contributed by atoms with van der Waals surface area (Å²) >= 11 is 5.68. The molecule has 0 aliphatic heterocycles. The first-order valence-corrected chi connectivity index (χ1v) is 6.66. The average Bonchev–Trinajstić information content (AvgIpc) is 2.43. The van der Waals surface area contributed by atoms with Crippen LogP contribution in [0, 0.1) is 16.0 Å². The number of nitrogens with zero attached hydrogens (tertiary/aromatic N) is 1. The summed E-state index contributed by atoms with van der Waals surface area (Å²) in [4.78, 5) is 21.9. The van der Waals surface area contributed by atoms with Gasteiger partial charge in [0.1, 0.15) is 5.02 Å². The van der Waals surface area contributed by atoms with Gasteiger partial charge >= 0.3 is 0 Å². The van der Waals surface area contributed by atoms with Crippen LogP contribution in [-0.4, -0.2) is 29.1 Å². The molecular formula is C13H17ClN2O4. The van der Waals surface area contributed by atoms with Crippen molar-refractivity contribution in [3.8, 4) is 0 Å². The van der Waals surface area contributed by atoms with Crippen LogP contribution in [-0.2, 0) is 0 Å². The second-order valence-corrected chi connectivity index (χ2v) is 5.02. The van der Waals surface area contributed by atoms with E-state index in [0.717, 1.165) is 18.9 Å². The molecule has 0 aliphatic rings. The first-order valence-electron chi connectivity index (χ1n) is 6.28. The smallest absolute Gasteiger partial charge is 0.288 e. The molecule has 110 valence electrons. The molecule has 0 spiro atoms. The molecule has 2 N–H and O–H groups in total. The number of carbonyl (C=O) groups is 1. The molecule has 0 bridgehead atoms. The molecule has 1 aromatic rings. The Morgan fingerprint density at radius 2 is 2.25 bits per heavy atom. The van der Waals surface area contributed by atoms with Gasteiger partial charge in [0.25, 0.3) is 11.6 Å². The fourth-order valence-electron chi connectivity index (χ4n) is 1.64. The van der Waals surface area contributed by atoms with Crippen LogP contribution in [0.3, 0.4) is 0 Å². The summed E-state index contributed by atoms with van der Waals surface area (Å²) in [7, 11) is 0. The van der Waals surface area contributed by atoms with Crippen LogP contribution in [0.4, 0.5) is 5.69 Å². The molecule has 0 saturated carbocycles. The Morgan fingerprint density at radius 1 is 1.55 bits per heavy atom. The van der Waals surface area contributed by atoms with E-state index in [0.29, 0.717) is 6.54 Å². The summed E-state index contributed by atoms with van der Waals surface area (Å²) in [6.45, 7) is 2.50. The Hall–Kier alpha value is -1.66. The van der Waals surface area contributed by atoms with Crippen molar-refractivity contribution in [3.05, 3.63) is 38.9 Å². The monoisotopic (exact) mass is 300 g/mol. The van der Waals surface area contributed by atoms with E-state index in [1.54, 1.807) is 0 Å². The summed E-state index contributed by atoms with van der Waals surface area (Å²) in [5.41, 5.74) is -0.0791. The third kappa shape index (κ3) is 4.79. The molecule has 0 saturated heterocycles. The maximum Gasteiger partial charge on any atom is 0.288 e. The van der Waals surface area contributed by atoms with Crippen molar-refractivity contribution < 1.29 is 14.8 Å². The lowest BCUT2D eigenvalue weighted by Crippen LogP contribution is -2.25. The molecule has 1 atom stereocenters. The number of carbonyl (C=O) groups excluding carboxylic acids is 1. The zero-order valence-electron chi connectivity index (χ0n) is 11.1. The van der Waals surface area contributed by atoms with Crippen molar-refractivity contribution in [2.75, 3.05) is 13.2 Å². The van der Waals surface area contributed by atoms with Gasteiger partial charge in [0.05, 0.1) is 4.92 Å². The highest BCUT2D eigenvalue weighted by Gasteiger charge is 2.15. The van der Waals surface area contributed by atoms with Crippen molar-refractivity contribution in [2.45, 2.75) is 19.8 Å². The van der Waals surface area contributed by atoms with E-state index in [9.17, 15) is 14.9 Å². The number of nitro benzene ring substituents is 1. The standard InChI is InChI=1S/C13H17ClN2O4/c1-9(8-17)3-2-6-15-13(18)10-4-5-11(14)12(7-10)16(19)20/h4-5,7,9,17H,2-3,6,8H2,1H3,(H,15,18). The molecule has 0 heterocycles. The predicted molar refractivity (Wildman–Crippen MR) is 75.9 cm³/mol. The molecule has 1 rings (SSSR count). The first kappa shape index (κ1) is 16.4. The number of aliphatic hydroxyl groups excluding tert-OH is 1. The van der Waals surface area contributed by atoms with Gasteiger partial charge in [-0.05, 0) is 30.9 Å². The van der Waals surface area contributed by atoms with Crippen LogP contribution in [0.5, 0.6) is 0 Å². The topological polar surface area (TPSA) is 92.5 Å². The lowest BCUT2D eigenvalue weighted by Gasteiger charge is -2.08. The van der Waals surface area contributed by atoms with Gasteiger partial charge in [-0.1, -0.05) is 18.5 Å². The summed E-state index contributed by atoms with van der Waals surface area (Å²) < 4.78 is 0. The van der Waals surface area contributed by atoms with E-state index in [2.05, 4.69) is 5.32 Å². The third-order valence-corrected chi connectivity index (χ3v) is 3.20. The predicted octanol–water partition coefficient (Wildman–Crippen LogP) is 2.39. The summed E-state index contributed by atoms with van der Waals surface area (Å²) in [6.07, 6.45) is 1.54. The second-order valence-electron chi connectivity index (χ2n) is 4.61. The van der Waals surface area contributed by atoms with Gasteiger partial charge in [-0.2, -0.15) is 0 Å². The number of nitro groups is 1. The van der Waals surface area contributed by atoms with E-state index in [-0.39, 0.29) is 34.7 Å². The van der Waals surface area contributed by atoms with Gasteiger partial charge in [-0.15, -0.1) is 0 Å². The molecule has 7 heteroatoms. The molecule has 0 radical (unpaired) electrons. The van der Waals surface area contributed by atoms with Crippen LogP contribution in [0.1, 0.15) is 30.1 Å². The van der Waals surface area contributed by atoms with Gasteiger partial charge in [0.2, 0.25) is 0 Å². The molecule has 1 aromatic carbocycles. The van der Waals surface area contributed by atoms with Crippen LogP contribution in [0.25, 0.3) is 0 Å². The van der Waals surface area contributed by atoms with Crippen molar-refractivity contribution in [2.24, 2.45) is 5.92 Å². The number of rotatable bonds is 7. The maximum absolute atomic E-state index is 11.8. The SMILES string of the molecule is CC(CO)CCCNC(=O)c1ccc(Cl)c([N+](=O)[O-])c1. The Kier molecular flexibility index (Phi) is 6.41. The van der Waals surface area contributed by atoms with Crippen molar-refractivity contribution in [1.29, 1.82) is 0 Å². The highest BCUT2D eigenvalue weighted by atomic mass is 35.5. The fraction of sp³-hybridized carbons (Fsp3) is 0.462. The minimum Gasteiger partial charge on any atom is -0.396 e. The van der Waals surface area contributed by atoms with Gasteiger partial charge < -0.3 is 10.4 Å². The number of nitrogens with one attached hydrogen (secondary N) is 1. The minimum absolute atomic E-state index is 0.00307. The summed E-state index contributed by atoms with van der Waals surface area (Å²) in [6, 6.07) is 3.94. The zero-order chi connectivity index (χ0) is 15.1. The van der Waals surface area contributed by atoms with E-state index < -0.39 is 4.92 Å². The van der Waals surface area contributed by atoms with E-state index >= 15 is 0 Å². The van der Waals surface area contributed by atoms with Crippen molar-refractivity contribution >= 4 is 23.2 Å². The number of hydrogen-bond acceptors (Lipinski definition) is 4. The van der Waals surface area contributed by atoms with Crippen LogP contribution in [0.2, 0.25) is 5.02 Å². The number of benzene rings is 1.